The van der Waals surface area contributed by atoms with E-state index in [0.29, 0.717) is 12.1 Å². The van der Waals surface area contributed by atoms with Crippen LogP contribution in [-0.4, -0.2) is 24.1 Å². The van der Waals surface area contributed by atoms with Crippen molar-refractivity contribution in [1.29, 1.82) is 5.26 Å². The molecule has 0 heterocycles. The molecule has 2 aromatic rings. The van der Waals surface area contributed by atoms with Crippen molar-refractivity contribution in [2.75, 3.05) is 12.3 Å². The highest BCUT2D eigenvalue weighted by Gasteiger charge is 2.16. The number of nitrogens with one attached hydrogen (secondary N) is 2. The largest absolute Gasteiger partial charge is 0.355 e. The number of nitrogens with zero attached hydrogens (tertiary/aromatic N) is 1. The van der Waals surface area contributed by atoms with Gasteiger partial charge in [0.25, 0.3) is 0 Å². The molecule has 0 aliphatic carbocycles. The molecule has 0 saturated heterocycles. The molecule has 0 aliphatic heterocycles. The average Bonchev–Trinajstić information content (AvgIpc) is 2.68. The molecule has 0 fully saturated rings. The number of thioether (sulfide) groups is 1. The number of amides is 2. The van der Waals surface area contributed by atoms with Crippen LogP contribution in [0.5, 0.6) is 0 Å². The van der Waals surface area contributed by atoms with E-state index in [4.69, 9.17) is 5.26 Å². The number of carbonyl (C=O) groups excluding carboxylic acids is 2. The molecule has 6 heteroatoms. The molecule has 0 bridgehead atoms. The number of rotatable bonds is 9. The minimum atomic E-state index is -0.334. The summed E-state index contributed by atoms with van der Waals surface area (Å²) in [6, 6.07) is 18.9. The maximum Gasteiger partial charge on any atom is 0.222 e. The minimum absolute atomic E-state index is 0.101. The highest BCUT2D eigenvalue weighted by atomic mass is 32.2. The summed E-state index contributed by atoms with van der Waals surface area (Å²) < 4.78 is 0. The van der Waals surface area contributed by atoms with Gasteiger partial charge in [0.1, 0.15) is 0 Å². The van der Waals surface area contributed by atoms with Crippen LogP contribution < -0.4 is 10.6 Å². The number of nitriles is 1. The Bertz CT molecular complexity index is 803. The fraction of sp³-hybridized carbons (Fsp3) is 0.286. The SMILES string of the molecule is CC(=O)N[C@@H](CC(=O)NCCSCc1ccccc1C#N)c1ccccc1. The Labute approximate surface area is 164 Å². The van der Waals surface area contributed by atoms with Crippen molar-refractivity contribution < 1.29 is 9.59 Å². The Morgan fingerprint density at radius 3 is 2.52 bits per heavy atom. The second-order valence-electron chi connectivity index (χ2n) is 6.04. The summed E-state index contributed by atoms with van der Waals surface area (Å²) in [6.45, 7) is 1.99. The topological polar surface area (TPSA) is 82.0 Å². The van der Waals surface area contributed by atoms with Gasteiger partial charge in [-0.05, 0) is 17.2 Å². The van der Waals surface area contributed by atoms with Gasteiger partial charge in [-0.3, -0.25) is 9.59 Å². The maximum atomic E-state index is 12.2. The van der Waals surface area contributed by atoms with Gasteiger partial charge in [-0.25, -0.2) is 0 Å². The van der Waals surface area contributed by atoms with Gasteiger partial charge in [0.05, 0.1) is 24.1 Å². The highest BCUT2D eigenvalue weighted by molar-refractivity contribution is 7.98. The lowest BCUT2D eigenvalue weighted by Gasteiger charge is -2.18. The third kappa shape index (κ3) is 7.16. The molecule has 0 aromatic heterocycles. The Morgan fingerprint density at radius 2 is 1.81 bits per heavy atom. The van der Waals surface area contributed by atoms with Gasteiger partial charge < -0.3 is 10.6 Å². The summed E-state index contributed by atoms with van der Waals surface area (Å²) in [5, 5.41) is 14.8. The van der Waals surface area contributed by atoms with Crippen LogP contribution in [-0.2, 0) is 15.3 Å². The Balaban J connectivity index is 1.76. The van der Waals surface area contributed by atoms with E-state index in [2.05, 4.69) is 16.7 Å². The van der Waals surface area contributed by atoms with E-state index >= 15 is 0 Å². The van der Waals surface area contributed by atoms with Crippen molar-refractivity contribution in [2.24, 2.45) is 0 Å². The van der Waals surface area contributed by atoms with Gasteiger partial charge in [0.15, 0.2) is 0 Å². The molecule has 1 atom stereocenters. The first-order valence-corrected chi connectivity index (χ1v) is 9.90. The zero-order valence-electron chi connectivity index (χ0n) is 15.3. The summed E-state index contributed by atoms with van der Waals surface area (Å²) in [6.07, 6.45) is 0.200. The van der Waals surface area contributed by atoms with Crippen LogP contribution in [0.3, 0.4) is 0 Å². The molecule has 0 spiro atoms. The summed E-state index contributed by atoms with van der Waals surface area (Å²) in [5.74, 6) is 1.22. The normalized spacial score (nSPS) is 11.3. The first-order valence-electron chi connectivity index (χ1n) is 8.74. The standard InChI is InChI=1S/C21H23N3O2S/c1-16(25)24-20(17-7-3-2-4-8-17)13-21(26)23-11-12-27-15-19-10-6-5-9-18(19)14-22/h2-10,20H,11-13,15H2,1H3,(H,23,26)(H,24,25)/t20-/m0/s1. The quantitative estimate of drug-likeness (QED) is 0.654. The summed E-state index contributed by atoms with van der Waals surface area (Å²) >= 11 is 1.67. The first-order chi connectivity index (χ1) is 13.1. The summed E-state index contributed by atoms with van der Waals surface area (Å²) in [7, 11) is 0. The van der Waals surface area contributed by atoms with Crippen molar-refractivity contribution in [3.63, 3.8) is 0 Å². The zero-order chi connectivity index (χ0) is 19.5. The number of hydrogen-bond acceptors (Lipinski definition) is 4. The Hall–Kier alpha value is -2.78. The predicted octanol–water partition coefficient (Wildman–Crippen LogP) is 3.18. The summed E-state index contributed by atoms with van der Waals surface area (Å²) in [5.41, 5.74) is 2.60. The Kier molecular flexibility index (Phi) is 8.40. The van der Waals surface area contributed by atoms with Gasteiger partial charge in [-0.1, -0.05) is 48.5 Å². The monoisotopic (exact) mass is 381 g/mol. The zero-order valence-corrected chi connectivity index (χ0v) is 16.1. The van der Waals surface area contributed by atoms with Gasteiger partial charge >= 0.3 is 0 Å². The molecule has 0 saturated carbocycles. The van der Waals surface area contributed by atoms with Gasteiger partial charge in [0.2, 0.25) is 11.8 Å². The molecule has 2 N–H and O–H groups in total. The lowest BCUT2D eigenvalue weighted by Crippen LogP contribution is -2.33. The number of hydrogen-bond donors (Lipinski definition) is 2. The van der Waals surface area contributed by atoms with E-state index in [9.17, 15) is 9.59 Å². The van der Waals surface area contributed by atoms with E-state index < -0.39 is 0 Å². The fourth-order valence-electron chi connectivity index (χ4n) is 2.64. The second kappa shape index (κ2) is 11.0. The molecular formula is C21H23N3O2S. The highest BCUT2D eigenvalue weighted by Crippen LogP contribution is 2.17. The molecule has 2 amide bonds. The van der Waals surface area contributed by atoms with Gasteiger partial charge in [-0.2, -0.15) is 17.0 Å². The molecule has 140 valence electrons. The van der Waals surface area contributed by atoms with Gasteiger partial charge in [-0.15, -0.1) is 0 Å². The van der Waals surface area contributed by atoms with Crippen molar-refractivity contribution in [3.8, 4) is 6.07 Å². The lowest BCUT2D eigenvalue weighted by atomic mass is 10.0. The molecule has 2 rings (SSSR count). The van der Waals surface area contributed by atoms with E-state index in [0.717, 1.165) is 22.6 Å². The van der Waals surface area contributed by atoms with E-state index in [-0.39, 0.29) is 24.3 Å². The van der Waals surface area contributed by atoms with Crippen molar-refractivity contribution in [3.05, 3.63) is 71.3 Å². The molecule has 0 aliphatic rings. The third-order valence-electron chi connectivity index (χ3n) is 3.93. The van der Waals surface area contributed by atoms with Gasteiger partial charge in [0, 0.05) is 25.0 Å². The molecule has 2 aromatic carbocycles. The van der Waals surface area contributed by atoms with Crippen LogP contribution in [0.2, 0.25) is 0 Å². The molecule has 5 nitrogen and oxygen atoms in total. The summed E-state index contributed by atoms with van der Waals surface area (Å²) in [4.78, 5) is 23.7. The molecular weight excluding hydrogens is 358 g/mol. The van der Waals surface area contributed by atoms with Crippen LogP contribution in [0.15, 0.2) is 54.6 Å². The van der Waals surface area contributed by atoms with Crippen LogP contribution in [0.4, 0.5) is 0 Å². The van der Waals surface area contributed by atoms with Crippen LogP contribution in [0.1, 0.15) is 36.1 Å². The fourth-order valence-corrected chi connectivity index (χ4v) is 3.50. The van der Waals surface area contributed by atoms with Crippen molar-refractivity contribution in [2.45, 2.75) is 25.1 Å². The third-order valence-corrected chi connectivity index (χ3v) is 4.94. The Morgan fingerprint density at radius 1 is 1.11 bits per heavy atom. The maximum absolute atomic E-state index is 12.2. The van der Waals surface area contributed by atoms with Crippen molar-refractivity contribution in [1.82, 2.24) is 10.6 Å². The predicted molar refractivity (Wildman–Crippen MR) is 108 cm³/mol. The van der Waals surface area contributed by atoms with E-state index in [1.54, 1.807) is 11.8 Å². The molecule has 0 unspecified atom stereocenters. The van der Waals surface area contributed by atoms with Crippen LogP contribution in [0.25, 0.3) is 0 Å². The van der Waals surface area contributed by atoms with E-state index in [1.807, 2.05) is 54.6 Å². The number of carbonyl (C=O) groups is 2. The number of benzene rings is 2. The first kappa shape index (κ1) is 20.5. The van der Waals surface area contributed by atoms with Crippen molar-refractivity contribution >= 4 is 23.6 Å². The molecule has 27 heavy (non-hydrogen) atoms. The lowest BCUT2D eigenvalue weighted by molar-refractivity contribution is -0.122. The molecule has 0 radical (unpaired) electrons. The smallest absolute Gasteiger partial charge is 0.222 e. The second-order valence-corrected chi connectivity index (χ2v) is 7.14. The average molecular weight is 382 g/mol. The minimum Gasteiger partial charge on any atom is -0.355 e. The van der Waals surface area contributed by atoms with E-state index in [1.165, 1.54) is 6.92 Å². The van der Waals surface area contributed by atoms with Crippen LogP contribution in [0, 0.1) is 11.3 Å². The van der Waals surface area contributed by atoms with Crippen LogP contribution >= 0.6 is 11.8 Å².